The quantitative estimate of drug-likeness (QED) is 0.110. The highest BCUT2D eigenvalue weighted by atomic mass is 19.1. The Hall–Kier alpha value is -5.75. The van der Waals surface area contributed by atoms with Gasteiger partial charge in [0.15, 0.2) is 24.1 Å². The fourth-order valence-corrected chi connectivity index (χ4v) is 4.74. The number of carbonyl (C=O) groups excluding carboxylic acids is 7. The lowest BCUT2D eigenvalue weighted by Gasteiger charge is -2.41. The first-order valence-corrected chi connectivity index (χ1v) is 16.7. The minimum atomic E-state index is -1.72. The second-order valence-electron chi connectivity index (χ2n) is 13.9. The Morgan fingerprint density at radius 2 is 1.39 bits per heavy atom. The zero-order chi connectivity index (χ0) is 41.0. The molecule has 54 heavy (non-hydrogen) atoms. The molecule has 0 aliphatic carbocycles. The zero-order valence-corrected chi connectivity index (χ0v) is 31.8. The predicted octanol–water partition coefficient (Wildman–Crippen LogP) is 2.43. The van der Waals surface area contributed by atoms with Crippen molar-refractivity contribution in [2.24, 2.45) is 4.99 Å². The van der Waals surface area contributed by atoms with Gasteiger partial charge in [0, 0.05) is 39.8 Å². The molecule has 0 saturated heterocycles. The van der Waals surface area contributed by atoms with Crippen LogP contribution >= 0.6 is 0 Å². The van der Waals surface area contributed by atoms with E-state index in [0.717, 1.165) is 33.8 Å². The first-order chi connectivity index (χ1) is 24.9. The van der Waals surface area contributed by atoms with Gasteiger partial charge in [-0.15, -0.1) is 0 Å². The van der Waals surface area contributed by atoms with Gasteiger partial charge in [-0.2, -0.15) is 0 Å². The van der Waals surface area contributed by atoms with Gasteiger partial charge in [-0.3, -0.25) is 34.6 Å². The molecule has 19 heteroatoms. The maximum atomic E-state index is 14.4. The second kappa shape index (κ2) is 19.4. The maximum Gasteiger partial charge on any atom is 0.414 e. The van der Waals surface area contributed by atoms with Crippen LogP contribution in [0.4, 0.5) is 14.0 Å². The number of hydrogen-bond acceptors (Lipinski definition) is 14. The van der Waals surface area contributed by atoms with E-state index in [4.69, 9.17) is 28.4 Å². The van der Waals surface area contributed by atoms with Crippen molar-refractivity contribution < 1.29 is 66.4 Å². The third-order valence-electron chi connectivity index (χ3n) is 6.58. The molecule has 1 aromatic rings. The van der Waals surface area contributed by atoms with Gasteiger partial charge in [-0.05, 0) is 53.7 Å². The fraction of sp³-hybridized carbons (Fsp3) is 0.543. The summed E-state index contributed by atoms with van der Waals surface area (Å²) in [4.78, 5) is 93.1. The minimum absolute atomic E-state index is 0.115. The zero-order valence-electron chi connectivity index (χ0n) is 31.8. The third-order valence-corrected chi connectivity index (χ3v) is 6.58. The summed E-state index contributed by atoms with van der Waals surface area (Å²) in [7, 11) is 0. The molecule has 0 aromatic heterocycles. The Labute approximate surface area is 311 Å². The van der Waals surface area contributed by atoms with Crippen LogP contribution in [0.5, 0.6) is 0 Å². The van der Waals surface area contributed by atoms with Crippen LogP contribution in [0.3, 0.4) is 0 Å². The average Bonchev–Trinajstić information content (AvgIpc) is 2.99. The number of amides is 4. The summed E-state index contributed by atoms with van der Waals surface area (Å²) in [5.74, 6) is -5.98. The summed E-state index contributed by atoms with van der Waals surface area (Å²) in [6.45, 7) is 12.8. The second-order valence-corrected chi connectivity index (χ2v) is 13.9. The summed E-state index contributed by atoms with van der Waals surface area (Å²) in [5.41, 5.74) is -1.89. The summed E-state index contributed by atoms with van der Waals surface area (Å²) in [6.07, 6.45) is -6.00. The number of halogens is 1. The van der Waals surface area contributed by atoms with Crippen molar-refractivity contribution in [2.45, 2.75) is 117 Å². The van der Waals surface area contributed by atoms with E-state index in [-0.39, 0.29) is 12.1 Å². The lowest BCUT2D eigenvalue weighted by Crippen LogP contribution is -2.61. The number of alkyl carbamates (subject to hydrolysis) is 2. The van der Waals surface area contributed by atoms with Crippen molar-refractivity contribution in [1.82, 2.24) is 21.3 Å². The lowest BCUT2D eigenvalue weighted by molar-refractivity contribution is -0.187. The number of aliphatic imine (C=N–C) groups is 1. The number of benzene rings is 1. The van der Waals surface area contributed by atoms with Gasteiger partial charge in [0.25, 0.3) is 5.91 Å². The molecule has 0 unspecified atom stereocenters. The topological polar surface area (TPSA) is 235 Å². The third kappa shape index (κ3) is 15.9. The number of hydrogen-bond donors (Lipinski definition) is 4. The Bertz CT molecular complexity index is 1600. The fourth-order valence-electron chi connectivity index (χ4n) is 4.74. The van der Waals surface area contributed by atoms with Gasteiger partial charge in [0.05, 0.1) is 12.1 Å². The summed E-state index contributed by atoms with van der Waals surface area (Å²) >= 11 is 0. The van der Waals surface area contributed by atoms with Gasteiger partial charge in [-0.25, -0.2) is 19.0 Å². The molecule has 1 aliphatic rings. The van der Waals surface area contributed by atoms with E-state index in [0.29, 0.717) is 0 Å². The van der Waals surface area contributed by atoms with E-state index < -0.39 is 108 Å². The molecule has 298 valence electrons. The van der Waals surface area contributed by atoms with Crippen LogP contribution in [0.1, 0.15) is 74.8 Å². The van der Waals surface area contributed by atoms with Crippen molar-refractivity contribution in [1.29, 1.82) is 0 Å². The molecule has 4 N–H and O–H groups in total. The SMILES string of the molecule is CC(=O)N[C@H]1[C@H]([C@H](OC(C)=O)[C@@H](COC(C)=O)OC(C)=O)OC(C(=O)NCc2ccccc2F)=C[C@@H]1N=C(NC(=O)OC(C)(C)C)NC(=O)OC(C)(C)C. The number of guanidine groups is 1. The molecule has 0 saturated carbocycles. The molecular formula is C35H48FN5O13. The highest BCUT2D eigenvalue weighted by molar-refractivity contribution is 6.01. The van der Waals surface area contributed by atoms with E-state index >= 15 is 0 Å². The van der Waals surface area contributed by atoms with Crippen molar-refractivity contribution in [2.75, 3.05) is 6.61 Å². The average molecular weight is 766 g/mol. The van der Waals surface area contributed by atoms with E-state index in [1.54, 1.807) is 47.6 Å². The number of rotatable bonds is 11. The van der Waals surface area contributed by atoms with Gasteiger partial charge in [-0.1, -0.05) is 18.2 Å². The molecule has 0 spiro atoms. The number of ether oxygens (including phenoxy) is 6. The normalized spacial score (nSPS) is 17.8. The highest BCUT2D eigenvalue weighted by Crippen LogP contribution is 2.28. The molecule has 1 heterocycles. The molecule has 4 amide bonds. The van der Waals surface area contributed by atoms with Crippen LogP contribution in [-0.2, 0) is 58.9 Å². The highest BCUT2D eigenvalue weighted by Gasteiger charge is 2.48. The predicted molar refractivity (Wildman–Crippen MR) is 187 cm³/mol. The van der Waals surface area contributed by atoms with Crippen LogP contribution < -0.4 is 21.3 Å². The Morgan fingerprint density at radius 1 is 0.833 bits per heavy atom. The van der Waals surface area contributed by atoms with Crippen molar-refractivity contribution in [3.05, 3.63) is 47.5 Å². The van der Waals surface area contributed by atoms with Crippen molar-refractivity contribution in [3.8, 4) is 0 Å². The Morgan fingerprint density at radius 3 is 1.87 bits per heavy atom. The molecule has 5 atom stereocenters. The monoisotopic (exact) mass is 765 g/mol. The molecule has 18 nitrogen and oxygen atoms in total. The summed E-state index contributed by atoms with van der Waals surface area (Å²) < 4.78 is 47.1. The molecule has 2 rings (SSSR count). The van der Waals surface area contributed by atoms with Gasteiger partial charge >= 0.3 is 30.1 Å². The molecule has 1 aliphatic heterocycles. The van der Waals surface area contributed by atoms with Crippen LogP contribution in [0.2, 0.25) is 0 Å². The number of carbonyl (C=O) groups is 7. The summed E-state index contributed by atoms with van der Waals surface area (Å²) in [5, 5.41) is 9.72. The van der Waals surface area contributed by atoms with Gasteiger partial charge in [0.2, 0.25) is 11.9 Å². The Balaban J connectivity index is 2.84. The summed E-state index contributed by atoms with van der Waals surface area (Å²) in [6, 6.07) is 2.71. The van der Waals surface area contributed by atoms with Crippen molar-refractivity contribution in [3.63, 3.8) is 0 Å². The van der Waals surface area contributed by atoms with Crippen LogP contribution in [0.25, 0.3) is 0 Å². The lowest BCUT2D eigenvalue weighted by atomic mass is 9.91. The molecule has 0 radical (unpaired) electrons. The van der Waals surface area contributed by atoms with E-state index in [2.05, 4.69) is 26.3 Å². The van der Waals surface area contributed by atoms with Crippen molar-refractivity contribution >= 4 is 47.9 Å². The van der Waals surface area contributed by atoms with Crippen LogP contribution in [0.15, 0.2) is 41.1 Å². The minimum Gasteiger partial charge on any atom is -0.479 e. The number of nitrogens with one attached hydrogen (secondary N) is 4. The van der Waals surface area contributed by atoms with E-state index in [1.165, 1.54) is 18.2 Å². The molecular weight excluding hydrogens is 717 g/mol. The largest absolute Gasteiger partial charge is 0.479 e. The first-order valence-electron chi connectivity index (χ1n) is 16.7. The Kier molecular flexibility index (Phi) is 15.9. The molecule has 1 aromatic carbocycles. The van der Waals surface area contributed by atoms with Crippen LogP contribution in [0, 0.1) is 5.82 Å². The first kappa shape index (κ1) is 44.4. The number of esters is 3. The smallest absolute Gasteiger partial charge is 0.414 e. The van der Waals surface area contributed by atoms with Gasteiger partial charge in [0.1, 0.15) is 23.6 Å². The van der Waals surface area contributed by atoms with Crippen LogP contribution in [-0.4, -0.2) is 96.1 Å². The van der Waals surface area contributed by atoms with E-state index in [1.807, 2.05) is 0 Å². The number of nitrogens with zero attached hydrogens (tertiary/aromatic N) is 1. The maximum absolute atomic E-state index is 14.4. The molecule has 0 bridgehead atoms. The van der Waals surface area contributed by atoms with E-state index in [9.17, 15) is 38.0 Å². The molecule has 0 fully saturated rings. The standard InChI is InChI=1S/C35H48FN5O13/c1-18(42)38-27-24(39-31(40-32(47)53-34(5,6)7)41-33(48)54-35(8,9)10)15-25(30(46)37-16-22-13-11-12-14-23(22)36)52-29(27)28(51-21(4)45)26(50-20(3)44)17-49-19(2)43/h11-15,24,26-29H,16-17H2,1-10H3,(H,37,46)(H,38,42)(H2,39,40,41,47,48)/t24-,26+,27+,28+,29+/m0/s1. The van der Waals surface area contributed by atoms with Gasteiger partial charge < -0.3 is 39.1 Å².